The molecule has 1 heterocycles. The number of aromatic nitrogens is 1. The molecule has 0 aliphatic heterocycles. The first-order valence-electron chi connectivity index (χ1n) is 12.5. The number of quaternary nitrogens is 1. The summed E-state index contributed by atoms with van der Waals surface area (Å²) in [5.74, 6) is 0. The number of rotatable bonds is 7. The maximum Gasteiger partial charge on any atom is 0.129 e. The molecule has 1 aromatic heterocycles. The van der Waals surface area contributed by atoms with Crippen LogP contribution in [0, 0.1) is 0 Å². The van der Waals surface area contributed by atoms with E-state index in [0.717, 1.165) is 16.9 Å². The van der Waals surface area contributed by atoms with E-state index >= 15 is 0 Å². The fourth-order valence-electron chi connectivity index (χ4n) is 5.24. The number of aliphatic hydroxyl groups is 1. The van der Waals surface area contributed by atoms with Crippen LogP contribution in [0.5, 0.6) is 0 Å². The van der Waals surface area contributed by atoms with Gasteiger partial charge >= 0.3 is 0 Å². The van der Waals surface area contributed by atoms with Gasteiger partial charge in [-0.15, -0.1) is 0 Å². The van der Waals surface area contributed by atoms with Crippen molar-refractivity contribution in [2.45, 2.75) is 12.6 Å². The Kier molecular flexibility index (Phi) is 6.08. The minimum Gasteiger partial charge on any atom is -0.385 e. The molecule has 1 atom stereocenters. The lowest BCUT2D eigenvalue weighted by molar-refractivity contribution is -0.580. The zero-order chi connectivity index (χ0) is 24.3. The molecular formula is C33H29N2O+. The molecule has 3 heteroatoms. The van der Waals surface area contributed by atoms with Gasteiger partial charge in [-0.3, -0.25) is 0 Å². The van der Waals surface area contributed by atoms with E-state index in [1.54, 1.807) is 0 Å². The molecule has 1 unspecified atom stereocenters. The van der Waals surface area contributed by atoms with Crippen LogP contribution in [0.25, 0.3) is 44.1 Å². The summed E-state index contributed by atoms with van der Waals surface area (Å²) in [6.45, 7) is 1.09. The smallest absolute Gasteiger partial charge is 0.129 e. The van der Waals surface area contributed by atoms with Crippen molar-refractivity contribution >= 4 is 27.4 Å². The Bertz CT molecular complexity index is 1610. The zero-order valence-corrected chi connectivity index (χ0v) is 20.1. The number of hydrogen-bond donors (Lipinski definition) is 2. The first-order chi connectivity index (χ1) is 17.8. The molecule has 36 heavy (non-hydrogen) atoms. The van der Waals surface area contributed by atoms with Crippen LogP contribution in [0.3, 0.4) is 0 Å². The predicted molar refractivity (Wildman–Crippen MR) is 149 cm³/mol. The quantitative estimate of drug-likeness (QED) is 0.262. The standard InChI is InChI=1S/C33H28N2O/c36-28(22-34-27-17-8-3-9-18-27)23-35-32(26-15-6-2-7-16-26)31(25-13-4-1-5-14-25)30-21-20-24-12-10-11-19-29(24)33(30)35/h1-21,28,34,36H,22-23H2/p+1. The molecule has 0 fully saturated rings. The van der Waals surface area contributed by atoms with Crippen molar-refractivity contribution in [3.63, 3.8) is 0 Å². The lowest BCUT2D eigenvalue weighted by Crippen LogP contribution is -2.80. The van der Waals surface area contributed by atoms with Crippen LogP contribution in [0.15, 0.2) is 127 Å². The highest BCUT2D eigenvalue weighted by atomic mass is 16.3. The molecule has 3 N–H and O–H groups in total. The fraction of sp³-hybridized carbons (Fsp3) is 0.0909. The van der Waals surface area contributed by atoms with Crippen LogP contribution in [-0.4, -0.2) is 22.3 Å². The molecular weight excluding hydrogens is 440 g/mol. The molecule has 0 saturated heterocycles. The second-order valence-corrected chi connectivity index (χ2v) is 9.25. The van der Waals surface area contributed by atoms with Crippen LogP contribution in [0.1, 0.15) is 0 Å². The van der Waals surface area contributed by atoms with Gasteiger partial charge in [0.1, 0.15) is 18.3 Å². The third-order valence-corrected chi connectivity index (χ3v) is 6.87. The molecule has 0 radical (unpaired) electrons. The van der Waals surface area contributed by atoms with E-state index in [4.69, 9.17) is 0 Å². The number of para-hydroxylation sites is 1. The van der Waals surface area contributed by atoms with Gasteiger partial charge in [0, 0.05) is 16.3 Å². The van der Waals surface area contributed by atoms with Crippen LogP contribution in [-0.2, 0) is 6.54 Å². The molecule has 0 aliphatic rings. The van der Waals surface area contributed by atoms with E-state index in [2.05, 4.69) is 119 Å². The van der Waals surface area contributed by atoms with Crippen molar-refractivity contribution in [3.05, 3.63) is 127 Å². The molecule has 176 valence electrons. The minimum atomic E-state index is -0.522. The summed E-state index contributed by atoms with van der Waals surface area (Å²) in [7, 11) is 0. The number of benzene rings is 5. The average molecular weight is 470 g/mol. The lowest BCUT2D eigenvalue weighted by Gasteiger charge is -2.17. The molecule has 6 aromatic rings. The van der Waals surface area contributed by atoms with Crippen molar-refractivity contribution in [3.8, 4) is 22.4 Å². The summed E-state index contributed by atoms with van der Waals surface area (Å²) in [4.78, 5) is 0. The highest BCUT2D eigenvalue weighted by molar-refractivity contribution is 6.15. The summed E-state index contributed by atoms with van der Waals surface area (Å²) < 4.78 is 2.35. The molecule has 0 saturated carbocycles. The number of aliphatic hydroxyl groups excluding tert-OH is 1. The number of fused-ring (bicyclic) bond motifs is 3. The molecule has 3 nitrogen and oxygen atoms in total. The average Bonchev–Trinajstić information content (AvgIpc) is 3.27. The molecule has 0 aliphatic carbocycles. The zero-order valence-electron chi connectivity index (χ0n) is 20.1. The second kappa shape index (κ2) is 9.82. The van der Waals surface area contributed by atoms with E-state index in [9.17, 15) is 5.11 Å². The Morgan fingerprint density at radius 2 is 1.22 bits per heavy atom. The van der Waals surface area contributed by atoms with Crippen LogP contribution in [0.2, 0.25) is 0 Å². The summed E-state index contributed by atoms with van der Waals surface area (Å²) >= 11 is 0. The highest BCUT2D eigenvalue weighted by Gasteiger charge is 2.23. The first-order valence-corrected chi connectivity index (χ1v) is 12.5. The van der Waals surface area contributed by atoms with Gasteiger partial charge in [0.25, 0.3) is 0 Å². The highest BCUT2D eigenvalue weighted by Crippen LogP contribution is 2.43. The molecule has 6 rings (SSSR count). The maximum absolute atomic E-state index is 11.3. The predicted octanol–water partition coefficient (Wildman–Crippen LogP) is 6.38. The van der Waals surface area contributed by atoms with Crippen molar-refractivity contribution in [1.82, 2.24) is 4.57 Å². The van der Waals surface area contributed by atoms with Crippen molar-refractivity contribution in [2.75, 3.05) is 6.54 Å². The fourth-order valence-corrected chi connectivity index (χ4v) is 5.24. The number of nitrogens with two attached hydrogens (primary N) is 1. The Morgan fingerprint density at radius 1 is 0.611 bits per heavy atom. The Hall–Kier alpha value is -4.18. The van der Waals surface area contributed by atoms with Gasteiger partial charge in [0.2, 0.25) is 0 Å². The normalized spacial score (nSPS) is 12.2. The summed E-state index contributed by atoms with van der Waals surface area (Å²) in [5.41, 5.74) is 6.99. The minimum absolute atomic E-state index is 0.505. The van der Waals surface area contributed by atoms with Crippen LogP contribution >= 0.6 is 0 Å². The Morgan fingerprint density at radius 3 is 1.94 bits per heavy atom. The van der Waals surface area contributed by atoms with Crippen molar-refractivity contribution in [1.29, 1.82) is 0 Å². The second-order valence-electron chi connectivity index (χ2n) is 9.25. The van der Waals surface area contributed by atoms with E-state index < -0.39 is 6.10 Å². The molecule has 0 spiro atoms. The SMILES string of the molecule is OC(C[NH2+]c1ccccc1)Cn1c(-c2ccccc2)c(-c2ccccc2)c2ccc3ccccc3c21. The summed E-state index contributed by atoms with van der Waals surface area (Å²) in [5, 5.41) is 17.0. The topological polar surface area (TPSA) is 41.8 Å². The van der Waals surface area contributed by atoms with Gasteiger partial charge in [0.05, 0.1) is 17.8 Å². The van der Waals surface area contributed by atoms with Gasteiger partial charge in [-0.2, -0.15) is 0 Å². The molecule has 0 amide bonds. The first kappa shape index (κ1) is 22.3. The lowest BCUT2D eigenvalue weighted by atomic mass is 9.97. The molecule has 0 bridgehead atoms. The van der Waals surface area contributed by atoms with Gasteiger partial charge in [-0.25, -0.2) is 0 Å². The van der Waals surface area contributed by atoms with Gasteiger partial charge in [-0.05, 0) is 28.6 Å². The Labute approximate surface area is 211 Å². The van der Waals surface area contributed by atoms with E-state index in [0.29, 0.717) is 13.1 Å². The van der Waals surface area contributed by atoms with E-state index in [-0.39, 0.29) is 0 Å². The van der Waals surface area contributed by atoms with Crippen molar-refractivity contribution in [2.24, 2.45) is 0 Å². The van der Waals surface area contributed by atoms with Crippen molar-refractivity contribution < 1.29 is 10.4 Å². The summed E-state index contributed by atoms with van der Waals surface area (Å²) in [6, 6.07) is 44.4. The largest absolute Gasteiger partial charge is 0.385 e. The number of nitrogens with zero attached hydrogens (tertiary/aromatic N) is 1. The summed E-state index contributed by atoms with van der Waals surface area (Å²) in [6.07, 6.45) is -0.522. The third kappa shape index (κ3) is 4.20. The van der Waals surface area contributed by atoms with Gasteiger partial charge < -0.3 is 15.0 Å². The monoisotopic (exact) mass is 469 g/mol. The van der Waals surface area contributed by atoms with Gasteiger partial charge in [0.15, 0.2) is 0 Å². The van der Waals surface area contributed by atoms with Crippen LogP contribution in [0.4, 0.5) is 5.69 Å². The maximum atomic E-state index is 11.3. The van der Waals surface area contributed by atoms with Gasteiger partial charge in [-0.1, -0.05) is 115 Å². The van der Waals surface area contributed by atoms with E-state index in [1.807, 2.05) is 18.2 Å². The van der Waals surface area contributed by atoms with Crippen LogP contribution < -0.4 is 5.32 Å². The Balaban J connectivity index is 1.57. The number of hydrogen-bond acceptors (Lipinski definition) is 1. The van der Waals surface area contributed by atoms with E-state index in [1.165, 1.54) is 32.8 Å². The molecule has 5 aromatic carbocycles. The third-order valence-electron chi connectivity index (χ3n) is 6.87.